The van der Waals surface area contributed by atoms with Crippen LogP contribution in [0.1, 0.15) is 29.5 Å². The van der Waals surface area contributed by atoms with Crippen LogP contribution in [0.3, 0.4) is 0 Å². The first kappa shape index (κ1) is 9.53. The lowest BCUT2D eigenvalue weighted by Gasteiger charge is -2.16. The predicted octanol–water partition coefficient (Wildman–Crippen LogP) is 2.29. The topological polar surface area (TPSA) is 29.5 Å². The standard InChI is InChI=1S/C12H16O2/c1-8-4-5-10(12(13)6-7-12)11(14-3)9(8)2/h4-5,13H,6-7H2,1-3H3. The molecule has 76 valence electrons. The summed E-state index contributed by atoms with van der Waals surface area (Å²) in [5.41, 5.74) is 2.67. The van der Waals surface area contributed by atoms with Crippen LogP contribution >= 0.6 is 0 Å². The first-order valence-electron chi connectivity index (χ1n) is 4.95. The molecule has 0 spiro atoms. The van der Waals surface area contributed by atoms with Gasteiger partial charge in [0.05, 0.1) is 12.7 Å². The Morgan fingerprint density at radius 1 is 1.29 bits per heavy atom. The third kappa shape index (κ3) is 1.30. The van der Waals surface area contributed by atoms with Crippen molar-refractivity contribution in [2.24, 2.45) is 0 Å². The third-order valence-corrected chi connectivity index (χ3v) is 3.11. The molecule has 0 saturated heterocycles. The second-order valence-corrected chi connectivity index (χ2v) is 4.12. The Morgan fingerprint density at radius 2 is 1.93 bits per heavy atom. The summed E-state index contributed by atoms with van der Waals surface area (Å²) in [6.07, 6.45) is 1.71. The van der Waals surface area contributed by atoms with Crippen molar-refractivity contribution in [1.82, 2.24) is 0 Å². The van der Waals surface area contributed by atoms with E-state index in [-0.39, 0.29) is 0 Å². The lowest BCUT2D eigenvalue weighted by molar-refractivity contribution is 0.147. The van der Waals surface area contributed by atoms with E-state index in [0.29, 0.717) is 0 Å². The Labute approximate surface area is 84.5 Å². The molecular formula is C12H16O2. The van der Waals surface area contributed by atoms with Crippen LogP contribution in [-0.4, -0.2) is 12.2 Å². The molecule has 0 aliphatic heterocycles. The van der Waals surface area contributed by atoms with Crippen molar-refractivity contribution in [2.75, 3.05) is 7.11 Å². The van der Waals surface area contributed by atoms with Gasteiger partial charge in [0.1, 0.15) is 5.75 Å². The Hall–Kier alpha value is -1.02. The van der Waals surface area contributed by atoms with Crippen LogP contribution in [0.5, 0.6) is 5.75 Å². The molecule has 1 N–H and O–H groups in total. The van der Waals surface area contributed by atoms with Crippen LogP contribution < -0.4 is 4.74 Å². The van der Waals surface area contributed by atoms with Crippen molar-refractivity contribution >= 4 is 0 Å². The summed E-state index contributed by atoms with van der Waals surface area (Å²) in [6, 6.07) is 4.03. The fourth-order valence-electron chi connectivity index (χ4n) is 1.81. The number of methoxy groups -OCH3 is 1. The molecule has 2 heteroatoms. The SMILES string of the molecule is COc1c(C2(O)CC2)ccc(C)c1C. The summed E-state index contributed by atoms with van der Waals surface area (Å²) in [6.45, 7) is 4.09. The van der Waals surface area contributed by atoms with E-state index in [0.717, 1.165) is 29.7 Å². The maximum Gasteiger partial charge on any atom is 0.128 e. The van der Waals surface area contributed by atoms with Gasteiger partial charge in [0.2, 0.25) is 0 Å². The summed E-state index contributed by atoms with van der Waals surface area (Å²) in [5.74, 6) is 0.852. The number of aryl methyl sites for hydroxylation is 1. The molecule has 2 rings (SSSR count). The quantitative estimate of drug-likeness (QED) is 0.779. The monoisotopic (exact) mass is 192 g/mol. The molecule has 1 aromatic rings. The first-order chi connectivity index (χ1) is 6.58. The molecular weight excluding hydrogens is 176 g/mol. The van der Waals surface area contributed by atoms with Crippen LogP contribution in [0, 0.1) is 13.8 Å². The van der Waals surface area contributed by atoms with Crippen LogP contribution in [-0.2, 0) is 5.60 Å². The highest BCUT2D eigenvalue weighted by atomic mass is 16.5. The van der Waals surface area contributed by atoms with Crippen LogP contribution in [0.2, 0.25) is 0 Å². The molecule has 0 aromatic heterocycles. The van der Waals surface area contributed by atoms with Crippen LogP contribution in [0.15, 0.2) is 12.1 Å². The summed E-state index contributed by atoms with van der Waals surface area (Å²) >= 11 is 0. The third-order valence-electron chi connectivity index (χ3n) is 3.11. The number of benzene rings is 1. The fourth-order valence-corrected chi connectivity index (χ4v) is 1.81. The minimum absolute atomic E-state index is 0.607. The van der Waals surface area contributed by atoms with E-state index in [1.807, 2.05) is 19.1 Å². The highest BCUT2D eigenvalue weighted by Gasteiger charge is 2.44. The summed E-state index contributed by atoms with van der Waals surface area (Å²) in [4.78, 5) is 0. The number of rotatable bonds is 2. The minimum Gasteiger partial charge on any atom is -0.496 e. The molecule has 0 unspecified atom stereocenters. The van der Waals surface area contributed by atoms with Crippen molar-refractivity contribution in [3.05, 3.63) is 28.8 Å². The van der Waals surface area contributed by atoms with E-state index in [9.17, 15) is 5.11 Å². The second kappa shape index (κ2) is 2.99. The Morgan fingerprint density at radius 3 is 2.43 bits per heavy atom. The van der Waals surface area contributed by atoms with Gasteiger partial charge in [0.25, 0.3) is 0 Å². The van der Waals surface area contributed by atoms with Gasteiger partial charge >= 0.3 is 0 Å². The molecule has 0 heterocycles. The average Bonchev–Trinajstić information content (AvgIpc) is 2.89. The van der Waals surface area contributed by atoms with Gasteiger partial charge in [-0.1, -0.05) is 12.1 Å². The van der Waals surface area contributed by atoms with Crippen molar-refractivity contribution in [3.63, 3.8) is 0 Å². The normalized spacial score (nSPS) is 18.0. The van der Waals surface area contributed by atoms with Gasteiger partial charge in [-0.05, 0) is 37.8 Å². The van der Waals surface area contributed by atoms with Gasteiger partial charge in [-0.2, -0.15) is 0 Å². The van der Waals surface area contributed by atoms with Crippen LogP contribution in [0.25, 0.3) is 0 Å². The summed E-state index contributed by atoms with van der Waals surface area (Å²) in [5, 5.41) is 10.0. The number of hydrogen-bond acceptors (Lipinski definition) is 2. The van der Waals surface area contributed by atoms with Crippen molar-refractivity contribution in [2.45, 2.75) is 32.3 Å². The lowest BCUT2D eigenvalue weighted by atomic mass is 9.99. The van der Waals surface area contributed by atoms with Crippen molar-refractivity contribution in [3.8, 4) is 5.75 Å². The number of hydrogen-bond donors (Lipinski definition) is 1. The number of aliphatic hydroxyl groups is 1. The van der Waals surface area contributed by atoms with E-state index < -0.39 is 5.60 Å². The summed E-state index contributed by atoms with van der Waals surface area (Å²) < 4.78 is 5.36. The smallest absolute Gasteiger partial charge is 0.128 e. The van der Waals surface area contributed by atoms with E-state index in [2.05, 4.69) is 6.92 Å². The zero-order valence-electron chi connectivity index (χ0n) is 8.92. The van der Waals surface area contributed by atoms with Gasteiger partial charge in [-0.3, -0.25) is 0 Å². The molecule has 1 aliphatic carbocycles. The van der Waals surface area contributed by atoms with Crippen LogP contribution in [0.4, 0.5) is 0 Å². The Balaban J connectivity index is 2.55. The van der Waals surface area contributed by atoms with Gasteiger partial charge in [-0.15, -0.1) is 0 Å². The molecule has 1 aliphatic rings. The molecule has 0 bridgehead atoms. The van der Waals surface area contributed by atoms with Gasteiger partial charge in [0, 0.05) is 5.56 Å². The molecule has 0 radical (unpaired) electrons. The van der Waals surface area contributed by atoms with Gasteiger partial charge in [-0.25, -0.2) is 0 Å². The Kier molecular flexibility index (Phi) is 2.04. The van der Waals surface area contributed by atoms with Gasteiger partial charge < -0.3 is 9.84 Å². The van der Waals surface area contributed by atoms with E-state index in [4.69, 9.17) is 4.74 Å². The van der Waals surface area contributed by atoms with Crippen molar-refractivity contribution < 1.29 is 9.84 Å². The molecule has 0 atom stereocenters. The van der Waals surface area contributed by atoms with E-state index in [1.54, 1.807) is 7.11 Å². The van der Waals surface area contributed by atoms with E-state index >= 15 is 0 Å². The highest BCUT2D eigenvalue weighted by Crippen LogP contribution is 2.49. The number of ether oxygens (including phenoxy) is 1. The Bertz CT molecular complexity index is 365. The molecule has 14 heavy (non-hydrogen) atoms. The maximum absolute atomic E-state index is 10.0. The van der Waals surface area contributed by atoms with Crippen molar-refractivity contribution in [1.29, 1.82) is 0 Å². The summed E-state index contributed by atoms with van der Waals surface area (Å²) in [7, 11) is 1.66. The fraction of sp³-hybridized carbons (Fsp3) is 0.500. The average molecular weight is 192 g/mol. The molecule has 1 fully saturated rings. The zero-order valence-corrected chi connectivity index (χ0v) is 8.92. The minimum atomic E-state index is -0.607. The molecule has 0 amide bonds. The van der Waals surface area contributed by atoms with E-state index in [1.165, 1.54) is 5.56 Å². The second-order valence-electron chi connectivity index (χ2n) is 4.12. The molecule has 2 nitrogen and oxygen atoms in total. The van der Waals surface area contributed by atoms with Gasteiger partial charge in [0.15, 0.2) is 0 Å². The highest BCUT2D eigenvalue weighted by molar-refractivity contribution is 5.49. The lowest BCUT2D eigenvalue weighted by Crippen LogP contribution is -2.08. The zero-order chi connectivity index (χ0) is 10.3. The first-order valence-corrected chi connectivity index (χ1v) is 4.95. The maximum atomic E-state index is 10.0. The molecule has 1 aromatic carbocycles. The largest absolute Gasteiger partial charge is 0.496 e. The predicted molar refractivity (Wildman–Crippen MR) is 55.6 cm³/mol. The molecule has 1 saturated carbocycles.